The average Bonchev–Trinajstić information content (AvgIpc) is 3.64. The largest absolute Gasteiger partial charge is 0.309 e. The molecule has 11 rings (SSSR count). The summed E-state index contributed by atoms with van der Waals surface area (Å²) in [5.41, 5.74) is 17.5. The molecule has 0 saturated carbocycles. The molecule has 0 N–H and O–H groups in total. The Morgan fingerprint density at radius 3 is 1.57 bits per heavy atom. The summed E-state index contributed by atoms with van der Waals surface area (Å²) in [4.78, 5) is 2.51. The highest BCUT2D eigenvalue weighted by atomic mass is 15.1. The van der Waals surface area contributed by atoms with Gasteiger partial charge in [0.1, 0.15) is 0 Å². The number of nitrogens with zero attached hydrogens (tertiary/aromatic N) is 1. The first kappa shape index (κ1) is 35.4. The fourth-order valence-electron chi connectivity index (χ4n) is 9.67. The molecule has 1 aliphatic rings. The molecule has 1 heteroatoms. The Balaban J connectivity index is 1.19. The Hall–Kier alpha value is -7.74. The Bertz CT molecular complexity index is 3110. The molecule has 60 heavy (non-hydrogen) atoms. The van der Waals surface area contributed by atoms with Gasteiger partial charge in [-0.1, -0.05) is 212 Å². The lowest BCUT2D eigenvalue weighted by molar-refractivity contribution is 0.768. The molecule has 0 spiro atoms. The molecule has 0 aromatic heterocycles. The second-order valence-corrected chi connectivity index (χ2v) is 15.6. The van der Waals surface area contributed by atoms with E-state index >= 15 is 0 Å². The topological polar surface area (TPSA) is 3.24 Å². The van der Waals surface area contributed by atoms with E-state index in [0.717, 1.165) is 22.6 Å². The SMILES string of the molecule is c1ccc(-c2cccc(-c3ccccc3N(c3cccc(-c4ccc5ccccc5c4)c3)c3cccc4c3-c3ccccc3C4(c3ccccc3)c3ccccc3)c2)cc1. The number of anilines is 3. The quantitative estimate of drug-likeness (QED) is 0.149. The number of rotatable bonds is 8. The van der Waals surface area contributed by atoms with Crippen LogP contribution in [-0.2, 0) is 5.41 Å². The Morgan fingerprint density at radius 2 is 0.800 bits per heavy atom. The van der Waals surface area contributed by atoms with Gasteiger partial charge in [-0.2, -0.15) is 0 Å². The van der Waals surface area contributed by atoms with Crippen molar-refractivity contribution in [2.45, 2.75) is 5.41 Å². The zero-order chi connectivity index (χ0) is 39.9. The monoisotopic (exact) mass is 763 g/mol. The number of hydrogen-bond acceptors (Lipinski definition) is 1. The van der Waals surface area contributed by atoms with Crippen LogP contribution in [0.1, 0.15) is 22.3 Å². The zero-order valence-corrected chi connectivity index (χ0v) is 33.1. The van der Waals surface area contributed by atoms with Gasteiger partial charge < -0.3 is 4.90 Å². The van der Waals surface area contributed by atoms with E-state index in [0.29, 0.717) is 0 Å². The predicted octanol–water partition coefficient (Wildman–Crippen LogP) is 15.7. The van der Waals surface area contributed by atoms with Crippen LogP contribution in [0.15, 0.2) is 249 Å². The molecule has 1 aliphatic carbocycles. The maximum absolute atomic E-state index is 2.51. The number of fused-ring (bicyclic) bond motifs is 4. The van der Waals surface area contributed by atoms with E-state index in [4.69, 9.17) is 0 Å². The first-order chi connectivity index (χ1) is 29.8. The summed E-state index contributed by atoms with van der Waals surface area (Å²) in [5.74, 6) is 0. The molecule has 0 amide bonds. The molecule has 1 nitrogen and oxygen atoms in total. The Kier molecular flexibility index (Phi) is 8.79. The van der Waals surface area contributed by atoms with Gasteiger partial charge in [0.25, 0.3) is 0 Å². The summed E-state index contributed by atoms with van der Waals surface area (Å²) in [6, 6.07) is 91.1. The van der Waals surface area contributed by atoms with E-state index in [1.807, 2.05) is 0 Å². The molecule has 0 fully saturated rings. The second-order valence-electron chi connectivity index (χ2n) is 15.6. The highest BCUT2D eigenvalue weighted by Gasteiger charge is 2.47. The van der Waals surface area contributed by atoms with Gasteiger partial charge in [-0.15, -0.1) is 0 Å². The summed E-state index contributed by atoms with van der Waals surface area (Å²) in [6.45, 7) is 0. The summed E-state index contributed by atoms with van der Waals surface area (Å²) in [5, 5.41) is 2.47. The van der Waals surface area contributed by atoms with Crippen molar-refractivity contribution in [1.29, 1.82) is 0 Å². The van der Waals surface area contributed by atoms with Gasteiger partial charge in [0.15, 0.2) is 0 Å². The van der Waals surface area contributed by atoms with E-state index in [9.17, 15) is 0 Å². The van der Waals surface area contributed by atoms with Crippen molar-refractivity contribution in [1.82, 2.24) is 0 Å². The van der Waals surface area contributed by atoms with Crippen molar-refractivity contribution >= 4 is 27.8 Å². The highest BCUT2D eigenvalue weighted by molar-refractivity contribution is 6.00. The van der Waals surface area contributed by atoms with Crippen LogP contribution in [0.4, 0.5) is 17.1 Å². The Morgan fingerprint density at radius 1 is 0.283 bits per heavy atom. The maximum Gasteiger partial charge on any atom is 0.0714 e. The standard InChI is InChI=1S/C59H41N/c1-4-19-42(20-5-1)45-23-16-25-48(40-45)52-31-13-15-35-56(52)60(51-30-17-24-46(41-51)47-38-37-43-21-10-11-22-44(43)39-47)57-36-18-34-55-58(57)53-32-12-14-33-54(53)59(55,49-26-6-2-7-27-49)50-28-8-3-9-29-50/h1-41H. The van der Waals surface area contributed by atoms with E-state index in [2.05, 4.69) is 254 Å². The van der Waals surface area contributed by atoms with E-state index in [-0.39, 0.29) is 0 Å². The van der Waals surface area contributed by atoms with Gasteiger partial charge in [-0.25, -0.2) is 0 Å². The molecule has 0 radical (unpaired) electrons. The highest BCUT2D eigenvalue weighted by Crippen LogP contribution is 2.60. The lowest BCUT2D eigenvalue weighted by Gasteiger charge is -2.34. The fourth-order valence-corrected chi connectivity index (χ4v) is 9.67. The van der Waals surface area contributed by atoms with Crippen LogP contribution in [0.5, 0.6) is 0 Å². The second kappa shape index (κ2) is 14.9. The fraction of sp³-hybridized carbons (Fsp3) is 0.0169. The third kappa shape index (κ3) is 5.86. The van der Waals surface area contributed by atoms with E-state index < -0.39 is 5.41 Å². The van der Waals surface area contributed by atoms with Crippen molar-refractivity contribution in [3.63, 3.8) is 0 Å². The molecule has 0 saturated heterocycles. The molecular weight excluding hydrogens is 723 g/mol. The molecular formula is C59H41N. The first-order valence-corrected chi connectivity index (χ1v) is 20.8. The van der Waals surface area contributed by atoms with Gasteiger partial charge in [0.2, 0.25) is 0 Å². The molecule has 0 aliphatic heterocycles. The number of hydrogen-bond donors (Lipinski definition) is 0. The van der Waals surface area contributed by atoms with Gasteiger partial charge >= 0.3 is 0 Å². The normalized spacial score (nSPS) is 12.5. The molecule has 0 unspecified atom stereocenters. The lowest BCUT2D eigenvalue weighted by atomic mass is 9.68. The summed E-state index contributed by atoms with van der Waals surface area (Å²) < 4.78 is 0. The molecule has 282 valence electrons. The lowest BCUT2D eigenvalue weighted by Crippen LogP contribution is -2.28. The summed E-state index contributed by atoms with van der Waals surface area (Å²) in [6.07, 6.45) is 0. The van der Waals surface area contributed by atoms with E-state index in [1.54, 1.807) is 0 Å². The first-order valence-electron chi connectivity index (χ1n) is 20.8. The molecule has 0 bridgehead atoms. The minimum atomic E-state index is -0.521. The minimum Gasteiger partial charge on any atom is -0.309 e. The van der Waals surface area contributed by atoms with Crippen LogP contribution in [0.2, 0.25) is 0 Å². The van der Waals surface area contributed by atoms with E-state index in [1.165, 1.54) is 72.0 Å². The van der Waals surface area contributed by atoms with Gasteiger partial charge in [-0.05, 0) is 103 Å². The Labute approximate surface area is 352 Å². The third-order valence-corrected chi connectivity index (χ3v) is 12.3. The molecule has 0 heterocycles. The van der Waals surface area contributed by atoms with Crippen LogP contribution in [-0.4, -0.2) is 0 Å². The minimum absolute atomic E-state index is 0.521. The number of benzene rings is 10. The van der Waals surface area contributed by atoms with Crippen LogP contribution in [0.25, 0.3) is 55.3 Å². The molecule has 0 atom stereocenters. The van der Waals surface area contributed by atoms with Gasteiger partial charge in [-0.3, -0.25) is 0 Å². The van der Waals surface area contributed by atoms with Gasteiger partial charge in [0.05, 0.1) is 16.8 Å². The van der Waals surface area contributed by atoms with Crippen molar-refractivity contribution in [3.05, 3.63) is 271 Å². The van der Waals surface area contributed by atoms with Crippen LogP contribution in [0.3, 0.4) is 0 Å². The van der Waals surface area contributed by atoms with Crippen LogP contribution < -0.4 is 4.90 Å². The van der Waals surface area contributed by atoms with Gasteiger partial charge in [0, 0.05) is 16.8 Å². The molecule has 10 aromatic carbocycles. The van der Waals surface area contributed by atoms with Crippen molar-refractivity contribution in [2.75, 3.05) is 4.90 Å². The summed E-state index contributed by atoms with van der Waals surface area (Å²) in [7, 11) is 0. The van der Waals surface area contributed by atoms with Crippen molar-refractivity contribution in [3.8, 4) is 44.5 Å². The summed E-state index contributed by atoms with van der Waals surface area (Å²) >= 11 is 0. The van der Waals surface area contributed by atoms with Crippen molar-refractivity contribution < 1.29 is 0 Å². The third-order valence-electron chi connectivity index (χ3n) is 12.3. The predicted molar refractivity (Wildman–Crippen MR) is 252 cm³/mol. The maximum atomic E-state index is 2.51. The van der Waals surface area contributed by atoms with Crippen molar-refractivity contribution in [2.24, 2.45) is 0 Å². The number of para-hydroxylation sites is 1. The molecule has 10 aromatic rings. The van der Waals surface area contributed by atoms with Crippen LogP contribution >= 0.6 is 0 Å². The average molecular weight is 764 g/mol. The smallest absolute Gasteiger partial charge is 0.0714 e. The zero-order valence-electron chi connectivity index (χ0n) is 33.1. The van der Waals surface area contributed by atoms with Crippen LogP contribution in [0, 0.1) is 0 Å².